The van der Waals surface area contributed by atoms with E-state index in [2.05, 4.69) is 10.2 Å². The minimum atomic E-state index is -3.05. The van der Waals surface area contributed by atoms with Gasteiger partial charge < -0.3 is 5.32 Å². The number of piperidine rings is 1. The standard InChI is InChI=1S/C14H22N2O2S2/c1-20(17,18)13-4-3-12(19-13)9-16-8-6-14(11-16)5-2-7-15-10-14/h3-4,15H,2,5-11H2,1H3. The predicted octanol–water partition coefficient (Wildman–Crippen LogP) is 1.73. The molecule has 2 aliphatic rings. The SMILES string of the molecule is CS(=O)(=O)c1ccc(CN2CCC3(CCCNC3)C2)s1. The van der Waals surface area contributed by atoms with Gasteiger partial charge in [0.25, 0.3) is 0 Å². The van der Waals surface area contributed by atoms with Gasteiger partial charge in [0.1, 0.15) is 4.21 Å². The molecule has 2 fully saturated rings. The maximum Gasteiger partial charge on any atom is 0.184 e. The van der Waals surface area contributed by atoms with E-state index in [1.54, 1.807) is 6.07 Å². The van der Waals surface area contributed by atoms with E-state index in [9.17, 15) is 8.42 Å². The Balaban J connectivity index is 1.63. The third-order valence-corrected chi connectivity index (χ3v) is 7.35. The molecule has 1 spiro atoms. The lowest BCUT2D eigenvalue weighted by Gasteiger charge is -2.34. The van der Waals surface area contributed by atoms with Crippen LogP contribution in [0.25, 0.3) is 0 Å². The summed E-state index contributed by atoms with van der Waals surface area (Å²) >= 11 is 1.42. The van der Waals surface area contributed by atoms with E-state index in [1.165, 1.54) is 36.9 Å². The van der Waals surface area contributed by atoms with Crippen molar-refractivity contribution in [3.05, 3.63) is 17.0 Å². The average molecular weight is 314 g/mol. The molecule has 0 aromatic carbocycles. The highest BCUT2D eigenvalue weighted by atomic mass is 32.2. The second-order valence-electron chi connectivity index (χ2n) is 6.23. The molecule has 0 amide bonds. The Morgan fingerprint density at radius 3 is 2.90 bits per heavy atom. The molecular formula is C14H22N2O2S2. The normalized spacial score (nSPS) is 28.2. The summed E-state index contributed by atoms with van der Waals surface area (Å²) in [4.78, 5) is 3.64. The van der Waals surface area contributed by atoms with Gasteiger partial charge in [-0.25, -0.2) is 8.42 Å². The molecule has 1 aromatic rings. The second kappa shape index (κ2) is 5.40. The summed E-state index contributed by atoms with van der Waals surface area (Å²) in [6, 6.07) is 3.70. The number of rotatable bonds is 3. The number of nitrogens with zero attached hydrogens (tertiary/aromatic N) is 1. The average Bonchev–Trinajstić information content (AvgIpc) is 2.99. The number of sulfone groups is 1. The van der Waals surface area contributed by atoms with E-state index in [0.29, 0.717) is 9.62 Å². The molecule has 0 bridgehead atoms. The molecule has 6 heteroatoms. The largest absolute Gasteiger partial charge is 0.316 e. The monoisotopic (exact) mass is 314 g/mol. The summed E-state index contributed by atoms with van der Waals surface area (Å²) in [5.41, 5.74) is 0.467. The highest BCUT2D eigenvalue weighted by molar-refractivity contribution is 7.92. The predicted molar refractivity (Wildman–Crippen MR) is 81.9 cm³/mol. The van der Waals surface area contributed by atoms with Crippen LogP contribution in [-0.4, -0.2) is 45.8 Å². The fraction of sp³-hybridized carbons (Fsp3) is 0.714. The third kappa shape index (κ3) is 3.08. The molecule has 4 nitrogen and oxygen atoms in total. The maximum atomic E-state index is 11.5. The molecule has 112 valence electrons. The molecule has 2 saturated heterocycles. The fourth-order valence-electron chi connectivity index (χ4n) is 3.40. The zero-order chi connectivity index (χ0) is 14.2. The molecule has 2 aliphatic heterocycles. The molecule has 0 aliphatic carbocycles. The molecule has 1 aromatic heterocycles. The lowest BCUT2D eigenvalue weighted by Crippen LogP contribution is -2.41. The second-order valence-corrected chi connectivity index (χ2v) is 9.64. The Kier molecular flexibility index (Phi) is 3.92. The quantitative estimate of drug-likeness (QED) is 0.923. The number of likely N-dealkylation sites (tertiary alicyclic amines) is 1. The lowest BCUT2D eigenvalue weighted by atomic mass is 9.80. The van der Waals surface area contributed by atoms with E-state index >= 15 is 0 Å². The van der Waals surface area contributed by atoms with Gasteiger partial charge in [-0.2, -0.15) is 0 Å². The van der Waals surface area contributed by atoms with Crippen molar-refractivity contribution in [3.8, 4) is 0 Å². The number of thiophene rings is 1. The summed E-state index contributed by atoms with van der Waals surface area (Å²) < 4.78 is 23.5. The minimum Gasteiger partial charge on any atom is -0.316 e. The molecule has 0 saturated carbocycles. The molecular weight excluding hydrogens is 292 g/mol. The Morgan fingerprint density at radius 1 is 1.40 bits per heavy atom. The molecule has 1 N–H and O–H groups in total. The first-order valence-electron chi connectivity index (χ1n) is 7.19. The van der Waals surface area contributed by atoms with Crippen LogP contribution < -0.4 is 5.32 Å². The van der Waals surface area contributed by atoms with E-state index in [-0.39, 0.29) is 0 Å². The van der Waals surface area contributed by atoms with E-state index in [1.807, 2.05) is 6.07 Å². The summed E-state index contributed by atoms with van der Waals surface area (Å²) in [6.07, 6.45) is 5.16. The summed E-state index contributed by atoms with van der Waals surface area (Å²) in [6.45, 7) is 5.47. The van der Waals surface area contributed by atoms with Crippen molar-refractivity contribution in [1.29, 1.82) is 0 Å². The first kappa shape index (κ1) is 14.5. The zero-order valence-corrected chi connectivity index (χ0v) is 13.5. The first-order chi connectivity index (χ1) is 9.47. The van der Waals surface area contributed by atoms with Gasteiger partial charge in [0.2, 0.25) is 0 Å². The van der Waals surface area contributed by atoms with Crippen LogP contribution >= 0.6 is 11.3 Å². The fourth-order valence-corrected chi connectivity index (χ4v) is 5.42. The zero-order valence-electron chi connectivity index (χ0n) is 11.9. The lowest BCUT2D eigenvalue weighted by molar-refractivity contribution is 0.200. The van der Waals surface area contributed by atoms with Crippen molar-refractivity contribution in [3.63, 3.8) is 0 Å². The maximum absolute atomic E-state index is 11.5. The van der Waals surface area contributed by atoms with E-state index in [0.717, 1.165) is 37.6 Å². The number of hydrogen-bond donors (Lipinski definition) is 1. The highest BCUT2D eigenvalue weighted by Crippen LogP contribution is 2.37. The third-order valence-electron chi connectivity index (χ3n) is 4.46. The van der Waals surface area contributed by atoms with Gasteiger partial charge in [0, 0.05) is 30.8 Å². The highest BCUT2D eigenvalue weighted by Gasteiger charge is 2.38. The molecule has 3 rings (SSSR count). The Labute approximate surface area is 125 Å². The van der Waals surface area contributed by atoms with Crippen molar-refractivity contribution in [2.75, 3.05) is 32.4 Å². The summed E-state index contributed by atoms with van der Waals surface area (Å²) in [7, 11) is -3.05. The van der Waals surface area contributed by atoms with Gasteiger partial charge in [0.05, 0.1) is 0 Å². The van der Waals surface area contributed by atoms with Crippen LogP contribution in [0.3, 0.4) is 0 Å². The molecule has 20 heavy (non-hydrogen) atoms. The minimum absolute atomic E-state index is 0.467. The van der Waals surface area contributed by atoms with Crippen molar-refractivity contribution in [1.82, 2.24) is 10.2 Å². The van der Waals surface area contributed by atoms with E-state index < -0.39 is 9.84 Å². The molecule has 1 atom stereocenters. The molecule has 0 radical (unpaired) electrons. The van der Waals surface area contributed by atoms with Crippen LogP contribution in [-0.2, 0) is 16.4 Å². The van der Waals surface area contributed by atoms with Gasteiger partial charge in [0.15, 0.2) is 9.84 Å². The van der Waals surface area contributed by atoms with Gasteiger partial charge in [-0.3, -0.25) is 4.90 Å². The Bertz CT molecular complexity index is 574. The van der Waals surface area contributed by atoms with Crippen LogP contribution in [0.1, 0.15) is 24.1 Å². The van der Waals surface area contributed by atoms with Gasteiger partial charge in [-0.05, 0) is 49.9 Å². The van der Waals surface area contributed by atoms with Crippen LogP contribution in [0.5, 0.6) is 0 Å². The Morgan fingerprint density at radius 2 is 2.25 bits per heavy atom. The van der Waals surface area contributed by atoms with Gasteiger partial charge >= 0.3 is 0 Å². The smallest absolute Gasteiger partial charge is 0.184 e. The molecule has 3 heterocycles. The van der Waals surface area contributed by atoms with Gasteiger partial charge in [-0.15, -0.1) is 11.3 Å². The molecule has 1 unspecified atom stereocenters. The topological polar surface area (TPSA) is 49.4 Å². The van der Waals surface area contributed by atoms with E-state index in [4.69, 9.17) is 0 Å². The van der Waals surface area contributed by atoms with Crippen LogP contribution in [0, 0.1) is 5.41 Å². The number of nitrogens with one attached hydrogen (secondary N) is 1. The summed E-state index contributed by atoms with van der Waals surface area (Å²) in [5, 5.41) is 3.52. The first-order valence-corrected chi connectivity index (χ1v) is 9.90. The summed E-state index contributed by atoms with van der Waals surface area (Å²) in [5.74, 6) is 0. The van der Waals surface area contributed by atoms with Crippen molar-refractivity contribution < 1.29 is 8.42 Å². The van der Waals surface area contributed by atoms with Crippen LogP contribution in [0.15, 0.2) is 16.3 Å². The van der Waals surface area contributed by atoms with Crippen molar-refractivity contribution >= 4 is 21.2 Å². The van der Waals surface area contributed by atoms with Crippen LogP contribution in [0.2, 0.25) is 0 Å². The van der Waals surface area contributed by atoms with Crippen molar-refractivity contribution in [2.45, 2.75) is 30.0 Å². The van der Waals surface area contributed by atoms with Gasteiger partial charge in [-0.1, -0.05) is 0 Å². The Hall–Kier alpha value is -0.430. The van der Waals surface area contributed by atoms with Crippen molar-refractivity contribution in [2.24, 2.45) is 5.41 Å². The van der Waals surface area contributed by atoms with Crippen LogP contribution in [0.4, 0.5) is 0 Å². The number of hydrogen-bond acceptors (Lipinski definition) is 5.